The molecule has 4 heteroatoms. The van der Waals surface area contributed by atoms with Crippen molar-refractivity contribution in [1.82, 2.24) is 5.32 Å². The fraction of sp³-hybridized carbons (Fsp3) is 0.929. The van der Waals surface area contributed by atoms with E-state index in [0.29, 0.717) is 6.10 Å². The van der Waals surface area contributed by atoms with Crippen molar-refractivity contribution in [2.24, 2.45) is 5.73 Å². The smallest absolute Gasteiger partial charge is 0.237 e. The molecule has 1 fully saturated rings. The van der Waals surface area contributed by atoms with Crippen molar-refractivity contribution >= 4 is 5.91 Å². The molecule has 1 saturated carbocycles. The third-order valence-electron chi connectivity index (χ3n) is 3.63. The first kappa shape index (κ1) is 15.4. The fourth-order valence-electron chi connectivity index (χ4n) is 2.63. The van der Waals surface area contributed by atoms with Gasteiger partial charge in [-0.05, 0) is 46.5 Å². The van der Waals surface area contributed by atoms with Gasteiger partial charge in [-0.1, -0.05) is 12.8 Å². The molecular formula is C14H28N2O2. The zero-order valence-corrected chi connectivity index (χ0v) is 12.0. The minimum absolute atomic E-state index is 0.248. The Bertz CT molecular complexity index is 263. The van der Waals surface area contributed by atoms with Crippen LogP contribution in [-0.2, 0) is 9.53 Å². The van der Waals surface area contributed by atoms with Gasteiger partial charge in [0.15, 0.2) is 0 Å². The summed E-state index contributed by atoms with van der Waals surface area (Å²) in [5.41, 5.74) is 4.86. The molecule has 0 bridgehead atoms. The van der Waals surface area contributed by atoms with E-state index in [4.69, 9.17) is 10.5 Å². The summed E-state index contributed by atoms with van der Waals surface area (Å²) in [6.45, 7) is 6.66. The predicted octanol–water partition coefficient (Wildman–Crippen LogP) is 1.97. The van der Waals surface area contributed by atoms with Gasteiger partial charge >= 0.3 is 0 Å². The Labute approximate surface area is 111 Å². The van der Waals surface area contributed by atoms with E-state index in [-0.39, 0.29) is 11.9 Å². The first-order valence-electron chi connectivity index (χ1n) is 7.13. The number of hydrogen-bond acceptors (Lipinski definition) is 3. The molecule has 1 rings (SSSR count). The first-order chi connectivity index (χ1) is 8.44. The molecule has 18 heavy (non-hydrogen) atoms. The van der Waals surface area contributed by atoms with Crippen LogP contribution in [0.3, 0.4) is 0 Å². The van der Waals surface area contributed by atoms with E-state index in [1.807, 2.05) is 20.8 Å². The minimum atomic E-state index is -0.618. The predicted molar refractivity (Wildman–Crippen MR) is 73.3 cm³/mol. The largest absolute Gasteiger partial charge is 0.378 e. The number of carbonyl (C=O) groups excluding carboxylic acids is 1. The van der Waals surface area contributed by atoms with Crippen molar-refractivity contribution in [2.45, 2.75) is 77.0 Å². The topological polar surface area (TPSA) is 64.3 Å². The maximum atomic E-state index is 11.5. The van der Waals surface area contributed by atoms with Gasteiger partial charge in [0.05, 0.1) is 11.6 Å². The summed E-state index contributed by atoms with van der Waals surface area (Å²) in [4.78, 5) is 11.5. The van der Waals surface area contributed by atoms with Crippen LogP contribution < -0.4 is 11.1 Å². The Kier molecular flexibility index (Phi) is 6.09. The number of carbonyl (C=O) groups is 1. The Hall–Kier alpha value is -0.610. The molecule has 4 nitrogen and oxygen atoms in total. The SMILES string of the molecule is CC(C)NC(C)(CCCOC1CCCC1)C(N)=O. The zero-order chi connectivity index (χ0) is 13.6. The summed E-state index contributed by atoms with van der Waals surface area (Å²) >= 11 is 0. The normalized spacial score (nSPS) is 20.2. The van der Waals surface area contributed by atoms with Crippen LogP contribution >= 0.6 is 0 Å². The number of primary amides is 1. The third kappa shape index (κ3) is 4.94. The van der Waals surface area contributed by atoms with Gasteiger partial charge in [-0.25, -0.2) is 0 Å². The average Bonchev–Trinajstić information content (AvgIpc) is 2.76. The number of amides is 1. The van der Waals surface area contributed by atoms with E-state index in [9.17, 15) is 4.79 Å². The Morgan fingerprint density at radius 1 is 1.44 bits per heavy atom. The molecule has 1 atom stereocenters. The van der Waals surface area contributed by atoms with Gasteiger partial charge in [0.25, 0.3) is 0 Å². The van der Waals surface area contributed by atoms with Crippen molar-refractivity contribution in [3.63, 3.8) is 0 Å². The number of nitrogens with one attached hydrogen (secondary N) is 1. The van der Waals surface area contributed by atoms with Gasteiger partial charge in [-0.15, -0.1) is 0 Å². The monoisotopic (exact) mass is 256 g/mol. The van der Waals surface area contributed by atoms with Gasteiger partial charge in [0.2, 0.25) is 5.91 Å². The molecule has 0 aromatic carbocycles. The lowest BCUT2D eigenvalue weighted by Crippen LogP contribution is -2.55. The van der Waals surface area contributed by atoms with Crippen molar-refractivity contribution in [3.8, 4) is 0 Å². The minimum Gasteiger partial charge on any atom is -0.378 e. The molecule has 0 heterocycles. The van der Waals surface area contributed by atoms with E-state index in [1.54, 1.807) is 0 Å². The highest BCUT2D eigenvalue weighted by molar-refractivity contribution is 5.84. The molecule has 1 aliphatic carbocycles. The summed E-state index contributed by atoms with van der Waals surface area (Å²) in [5, 5.41) is 3.25. The maximum Gasteiger partial charge on any atom is 0.237 e. The summed E-state index contributed by atoms with van der Waals surface area (Å²) < 4.78 is 5.80. The van der Waals surface area contributed by atoms with Gasteiger partial charge in [0.1, 0.15) is 0 Å². The quantitative estimate of drug-likeness (QED) is 0.653. The molecule has 0 radical (unpaired) electrons. The Morgan fingerprint density at radius 3 is 2.56 bits per heavy atom. The summed E-state index contributed by atoms with van der Waals surface area (Å²) in [6.07, 6.45) is 7.01. The summed E-state index contributed by atoms with van der Waals surface area (Å²) in [6, 6.07) is 0.248. The average molecular weight is 256 g/mol. The zero-order valence-electron chi connectivity index (χ0n) is 12.0. The molecule has 0 aromatic heterocycles. The van der Waals surface area contributed by atoms with Crippen LogP contribution in [0, 0.1) is 0 Å². The maximum absolute atomic E-state index is 11.5. The highest BCUT2D eigenvalue weighted by Crippen LogP contribution is 2.21. The molecule has 1 unspecified atom stereocenters. The number of ether oxygens (including phenoxy) is 1. The van der Waals surface area contributed by atoms with E-state index >= 15 is 0 Å². The Morgan fingerprint density at radius 2 is 2.06 bits per heavy atom. The van der Waals surface area contributed by atoms with Crippen LogP contribution in [0.4, 0.5) is 0 Å². The molecule has 0 aliphatic heterocycles. The highest BCUT2D eigenvalue weighted by atomic mass is 16.5. The van der Waals surface area contributed by atoms with Crippen LogP contribution in [0.1, 0.15) is 59.3 Å². The lowest BCUT2D eigenvalue weighted by molar-refractivity contribution is -0.124. The number of nitrogens with two attached hydrogens (primary N) is 1. The molecule has 1 amide bonds. The third-order valence-corrected chi connectivity index (χ3v) is 3.63. The van der Waals surface area contributed by atoms with Gasteiger partial charge < -0.3 is 15.8 Å². The second kappa shape index (κ2) is 7.10. The lowest BCUT2D eigenvalue weighted by Gasteiger charge is -2.30. The van der Waals surface area contributed by atoms with Crippen LogP contribution in [0.5, 0.6) is 0 Å². The van der Waals surface area contributed by atoms with E-state index in [2.05, 4.69) is 5.32 Å². The standard InChI is InChI=1S/C14H28N2O2/c1-11(2)16-14(3,13(15)17)9-6-10-18-12-7-4-5-8-12/h11-12,16H,4-10H2,1-3H3,(H2,15,17). The molecule has 0 saturated heterocycles. The van der Waals surface area contributed by atoms with Crippen molar-refractivity contribution in [1.29, 1.82) is 0 Å². The molecule has 0 aromatic rings. The molecular weight excluding hydrogens is 228 g/mol. The van der Waals surface area contributed by atoms with E-state index in [1.165, 1.54) is 25.7 Å². The first-order valence-corrected chi connectivity index (χ1v) is 7.13. The van der Waals surface area contributed by atoms with Crippen LogP contribution in [0.2, 0.25) is 0 Å². The van der Waals surface area contributed by atoms with Gasteiger partial charge in [-0.3, -0.25) is 4.79 Å². The number of rotatable bonds is 8. The Balaban J connectivity index is 2.26. The highest BCUT2D eigenvalue weighted by Gasteiger charge is 2.30. The van der Waals surface area contributed by atoms with Crippen LogP contribution in [-0.4, -0.2) is 30.2 Å². The second-order valence-corrected chi connectivity index (χ2v) is 5.88. The van der Waals surface area contributed by atoms with Crippen molar-refractivity contribution < 1.29 is 9.53 Å². The fourth-order valence-corrected chi connectivity index (χ4v) is 2.63. The summed E-state index contributed by atoms with van der Waals surface area (Å²) in [7, 11) is 0. The molecule has 3 N–H and O–H groups in total. The van der Waals surface area contributed by atoms with Crippen molar-refractivity contribution in [2.75, 3.05) is 6.61 Å². The van der Waals surface area contributed by atoms with Crippen LogP contribution in [0.15, 0.2) is 0 Å². The molecule has 1 aliphatic rings. The van der Waals surface area contributed by atoms with Gasteiger partial charge in [-0.2, -0.15) is 0 Å². The van der Waals surface area contributed by atoms with E-state index < -0.39 is 5.54 Å². The summed E-state index contributed by atoms with van der Waals surface area (Å²) in [5.74, 6) is -0.280. The lowest BCUT2D eigenvalue weighted by atomic mass is 9.94. The number of hydrogen-bond donors (Lipinski definition) is 2. The van der Waals surface area contributed by atoms with Crippen LogP contribution in [0.25, 0.3) is 0 Å². The van der Waals surface area contributed by atoms with E-state index in [0.717, 1.165) is 19.4 Å². The second-order valence-electron chi connectivity index (χ2n) is 5.88. The van der Waals surface area contributed by atoms with Gasteiger partial charge in [0, 0.05) is 12.6 Å². The molecule has 106 valence electrons. The molecule has 0 spiro atoms. The van der Waals surface area contributed by atoms with Crippen molar-refractivity contribution in [3.05, 3.63) is 0 Å².